The van der Waals surface area contributed by atoms with Gasteiger partial charge in [0.25, 0.3) is 0 Å². The van der Waals surface area contributed by atoms with E-state index in [0.717, 1.165) is 0 Å². The summed E-state index contributed by atoms with van der Waals surface area (Å²) in [6.07, 6.45) is 0. The molecule has 0 heterocycles. The summed E-state index contributed by atoms with van der Waals surface area (Å²) in [6, 6.07) is 0. The highest BCUT2D eigenvalue weighted by atomic mass is 16.4. The van der Waals surface area contributed by atoms with E-state index in [4.69, 9.17) is 19.8 Å². The summed E-state index contributed by atoms with van der Waals surface area (Å²) in [5.41, 5.74) is 0. The summed E-state index contributed by atoms with van der Waals surface area (Å²) >= 11 is 0. The first-order valence-electron chi connectivity index (χ1n) is 1.11. The number of hydrogen-bond acceptors (Lipinski definition) is 2. The van der Waals surface area contributed by atoms with Crippen molar-refractivity contribution in [1.82, 2.24) is 0 Å². The van der Waals surface area contributed by atoms with Gasteiger partial charge in [0.2, 0.25) is 0 Å². The Morgan fingerprint density at radius 3 is 1.17 bits per heavy atom. The first kappa shape index (κ1) is 4.94. The number of rotatable bonds is 0. The molecule has 0 unspecified atom stereocenters. The van der Waals surface area contributed by atoms with Crippen molar-refractivity contribution < 1.29 is 19.8 Å². The van der Waals surface area contributed by atoms with Crippen LogP contribution in [-0.2, 0) is 9.59 Å². The van der Waals surface area contributed by atoms with Crippen molar-refractivity contribution >= 4 is 11.9 Å². The maximum Gasteiger partial charge on any atom is 0.414 e. The molecule has 34 valence electrons. The lowest BCUT2D eigenvalue weighted by molar-refractivity contribution is -0.159. The van der Waals surface area contributed by atoms with Gasteiger partial charge < -0.3 is 10.2 Å². The van der Waals surface area contributed by atoms with Crippen LogP contribution in [0, 0.1) is 0 Å². The molecule has 0 spiro atoms. The topological polar surface area (TPSA) is 74.6 Å². The van der Waals surface area contributed by atoms with Crippen molar-refractivity contribution in [3.8, 4) is 0 Å². The summed E-state index contributed by atoms with van der Waals surface area (Å²) < 4.78 is 0. The van der Waals surface area contributed by atoms with Crippen LogP contribution in [0.3, 0.4) is 0 Å². The van der Waals surface area contributed by atoms with Crippen molar-refractivity contribution in [1.29, 1.82) is 0 Å². The number of carbonyl (C=O) groups is 2. The van der Waals surface area contributed by atoms with E-state index in [0.29, 0.717) is 0 Å². The van der Waals surface area contributed by atoms with E-state index in [1.165, 1.54) is 0 Å². The molecule has 6 heavy (non-hydrogen) atoms. The normalized spacial score (nSPS) is 7.33. The van der Waals surface area contributed by atoms with Crippen molar-refractivity contribution in [2.24, 2.45) is 0 Å². The van der Waals surface area contributed by atoms with Crippen LogP contribution in [0.2, 0.25) is 0 Å². The van der Waals surface area contributed by atoms with Crippen molar-refractivity contribution in [2.45, 2.75) is 0 Å². The second kappa shape index (κ2) is 1.40. The van der Waals surface area contributed by atoms with Crippen LogP contribution in [-0.4, -0.2) is 22.2 Å². The molecule has 0 saturated carbocycles. The molecule has 0 radical (unpaired) electrons. The zero-order chi connectivity index (χ0) is 5.15. The van der Waals surface area contributed by atoms with E-state index in [-0.39, 0.29) is 0 Å². The lowest BCUT2D eigenvalue weighted by atomic mass is 10.7. The minimum absolute atomic E-state index is 1.82. The fourth-order valence-corrected chi connectivity index (χ4v) is 0. The average Bonchev–Trinajstić information content (AvgIpc) is 1.36. The van der Waals surface area contributed by atoms with Gasteiger partial charge in [-0.2, -0.15) is 0 Å². The molecular weight excluding hydrogens is 88.0 g/mol. The van der Waals surface area contributed by atoms with Crippen LogP contribution in [0.5, 0.6) is 0 Å². The van der Waals surface area contributed by atoms with E-state index in [1.54, 1.807) is 0 Å². The Kier molecular flexibility index (Phi) is 1.15. The highest BCUT2D eigenvalue weighted by Crippen LogP contribution is 1.56. The molecule has 4 nitrogen and oxygen atoms in total. The first-order chi connectivity index (χ1) is 2.64. The Morgan fingerprint density at radius 1 is 1.00 bits per heavy atom. The maximum absolute atomic E-state index is 9.10. The molecule has 0 aromatic carbocycles. The highest BCUT2D eigenvalue weighted by Gasteiger charge is 2.04. The molecule has 4 heteroatoms. The lowest BCUT2D eigenvalue weighted by Gasteiger charge is -1.72. The van der Waals surface area contributed by atoms with Gasteiger partial charge in [0.15, 0.2) is 0 Å². The minimum atomic E-state index is -1.82. The van der Waals surface area contributed by atoms with Gasteiger partial charge in [-0.3, -0.25) is 0 Å². The van der Waals surface area contributed by atoms with Gasteiger partial charge >= 0.3 is 11.9 Å². The second-order valence-electron chi connectivity index (χ2n) is 0.610. The molecule has 0 fully saturated rings. The second-order valence-corrected chi connectivity index (χ2v) is 0.610. The van der Waals surface area contributed by atoms with Crippen LogP contribution >= 0.6 is 0 Å². The van der Waals surface area contributed by atoms with Gasteiger partial charge in [-0.15, -0.1) is 0 Å². The van der Waals surface area contributed by atoms with Crippen molar-refractivity contribution in [2.75, 3.05) is 0 Å². The zero-order valence-electron chi connectivity index (χ0n) is 2.71. The van der Waals surface area contributed by atoms with Crippen LogP contribution in [0.25, 0.3) is 0 Å². The van der Waals surface area contributed by atoms with Crippen LogP contribution in [0.15, 0.2) is 0 Å². The van der Waals surface area contributed by atoms with Gasteiger partial charge in [-0.25, -0.2) is 9.59 Å². The fourth-order valence-electron chi connectivity index (χ4n) is 0. The molecule has 0 bridgehead atoms. The number of carboxylic acid groups (broad SMARTS) is 2. The smallest absolute Gasteiger partial charge is 0.414 e. The van der Waals surface area contributed by atoms with E-state index >= 15 is 0 Å². The highest BCUT2D eigenvalue weighted by molar-refractivity contribution is 6.27. The van der Waals surface area contributed by atoms with Gasteiger partial charge in [-0.05, 0) is 0 Å². The first-order valence-corrected chi connectivity index (χ1v) is 1.11. The number of carboxylic acids is 2. The Bertz CT molecular complexity index is 71.5. The third-order valence-electron chi connectivity index (χ3n) is 0.183. The molecule has 0 saturated heterocycles. The largest absolute Gasteiger partial charge is 0.473 e. The molecule has 0 aliphatic carbocycles. The minimum Gasteiger partial charge on any atom is -0.473 e. The quantitative estimate of drug-likeness (QED) is 0.380. The Balaban J connectivity index is 3.57. The third-order valence-corrected chi connectivity index (χ3v) is 0.183. The predicted molar refractivity (Wildman–Crippen MR) is 15.3 cm³/mol. The summed E-state index contributed by atoms with van der Waals surface area (Å²) in [5.74, 6) is -3.65. The van der Waals surface area contributed by atoms with Crippen molar-refractivity contribution in [3.05, 3.63) is 0 Å². The predicted octanol–water partition coefficient (Wildman–Crippen LogP) is -0.844. The molecule has 2 N–H and O–H groups in total. The Hall–Kier alpha value is -1.06. The Morgan fingerprint density at radius 2 is 1.17 bits per heavy atom. The summed E-state index contributed by atoms with van der Waals surface area (Å²) in [6.45, 7) is 0. The van der Waals surface area contributed by atoms with Crippen LogP contribution < -0.4 is 0 Å². The Labute approximate surface area is 33.0 Å². The number of aliphatic carboxylic acids is 2. The van der Waals surface area contributed by atoms with Gasteiger partial charge in [-0.1, -0.05) is 0 Å². The third kappa shape index (κ3) is 1.28. The van der Waals surface area contributed by atoms with Crippen molar-refractivity contribution in [3.63, 3.8) is 0 Å². The maximum atomic E-state index is 9.10. The van der Waals surface area contributed by atoms with E-state index in [1.807, 2.05) is 0 Å². The molecule has 0 aliphatic heterocycles. The molecule has 0 amide bonds. The average molecular weight is 90.0 g/mol. The standard InChI is InChI=1S/C2H2O4/c3-1(4)2(5)6/h(H,3,4)(H,5,6)/i1+0,2+0. The summed E-state index contributed by atoms with van der Waals surface area (Å²) in [7, 11) is 0. The van der Waals surface area contributed by atoms with E-state index < -0.39 is 11.9 Å². The van der Waals surface area contributed by atoms with E-state index in [2.05, 4.69) is 0 Å². The zero-order valence-corrected chi connectivity index (χ0v) is 2.71. The number of hydrogen-bond donors (Lipinski definition) is 2. The molecule has 0 aromatic rings. The van der Waals surface area contributed by atoms with E-state index in [9.17, 15) is 0 Å². The molecule has 0 rings (SSSR count). The van der Waals surface area contributed by atoms with Crippen LogP contribution in [0.1, 0.15) is 0 Å². The van der Waals surface area contributed by atoms with Gasteiger partial charge in [0.1, 0.15) is 0 Å². The summed E-state index contributed by atoms with van der Waals surface area (Å²) in [5, 5.41) is 14.8. The van der Waals surface area contributed by atoms with Crippen LogP contribution in [0.4, 0.5) is 0 Å². The molecule has 0 aliphatic rings. The van der Waals surface area contributed by atoms with Gasteiger partial charge in [0.05, 0.1) is 0 Å². The lowest BCUT2D eigenvalue weighted by Crippen LogP contribution is -2.09. The van der Waals surface area contributed by atoms with Gasteiger partial charge in [0, 0.05) is 0 Å². The molecule has 0 atom stereocenters. The SMILES string of the molecule is O=[12C](O)[12C](=O)O. The summed E-state index contributed by atoms with van der Waals surface area (Å²) in [4.78, 5) is 18.2. The molecule has 0 aromatic heterocycles. The molecular formula is C2H2O4. The fraction of sp³-hybridized carbons (Fsp3) is 0. The monoisotopic (exact) mass is 90.0 g/mol.